The SMILES string of the molecule is O=C(C1CCCN(c2ccc3[nH]c(-c4nc(C5CC5)cs4)nc3n2)C1)N1CCCC1. The van der Waals surface area contributed by atoms with Crippen LogP contribution >= 0.6 is 11.3 Å². The van der Waals surface area contributed by atoms with Crippen LogP contribution in [-0.4, -0.2) is 56.9 Å². The molecule has 3 aliphatic rings. The number of pyridine rings is 1. The van der Waals surface area contributed by atoms with Gasteiger partial charge in [-0.1, -0.05) is 0 Å². The van der Waals surface area contributed by atoms with Crippen molar-refractivity contribution in [2.24, 2.45) is 5.92 Å². The molecule has 3 fully saturated rings. The van der Waals surface area contributed by atoms with Crippen molar-refractivity contribution in [3.63, 3.8) is 0 Å². The predicted octanol–water partition coefficient (Wildman–Crippen LogP) is 3.80. The van der Waals surface area contributed by atoms with Gasteiger partial charge >= 0.3 is 0 Å². The number of hydrogen-bond donors (Lipinski definition) is 1. The second kappa shape index (κ2) is 7.34. The third kappa shape index (κ3) is 3.37. The summed E-state index contributed by atoms with van der Waals surface area (Å²) in [5.41, 5.74) is 2.85. The van der Waals surface area contributed by atoms with Gasteiger partial charge in [-0.3, -0.25) is 4.79 Å². The van der Waals surface area contributed by atoms with Crippen LogP contribution in [0.25, 0.3) is 22.0 Å². The number of hydrogen-bond acceptors (Lipinski definition) is 6. The monoisotopic (exact) mass is 422 g/mol. The van der Waals surface area contributed by atoms with Gasteiger partial charge in [-0.15, -0.1) is 11.3 Å². The highest BCUT2D eigenvalue weighted by atomic mass is 32.1. The van der Waals surface area contributed by atoms with Crippen molar-refractivity contribution in [2.45, 2.75) is 44.4 Å². The molecule has 30 heavy (non-hydrogen) atoms. The Morgan fingerprint density at radius 3 is 2.73 bits per heavy atom. The van der Waals surface area contributed by atoms with Crippen molar-refractivity contribution in [3.8, 4) is 10.8 Å². The molecule has 1 saturated carbocycles. The first-order valence-electron chi connectivity index (χ1n) is 11.1. The van der Waals surface area contributed by atoms with Gasteiger partial charge in [0.15, 0.2) is 16.5 Å². The van der Waals surface area contributed by atoms with Crippen LogP contribution in [0.4, 0.5) is 5.82 Å². The Labute approximate surface area is 179 Å². The number of fused-ring (bicyclic) bond motifs is 1. The number of piperidine rings is 1. The molecule has 1 aliphatic carbocycles. The van der Waals surface area contributed by atoms with Gasteiger partial charge in [0.05, 0.1) is 17.1 Å². The summed E-state index contributed by atoms with van der Waals surface area (Å²) in [5, 5.41) is 3.09. The number of aromatic amines is 1. The van der Waals surface area contributed by atoms with E-state index in [1.165, 1.54) is 18.5 Å². The van der Waals surface area contributed by atoms with Crippen LogP contribution in [0.15, 0.2) is 17.5 Å². The molecule has 1 unspecified atom stereocenters. The number of nitrogens with zero attached hydrogens (tertiary/aromatic N) is 5. The number of imidazole rings is 1. The number of carbonyl (C=O) groups excluding carboxylic acids is 1. The minimum Gasteiger partial charge on any atom is -0.356 e. The Hall–Kier alpha value is -2.48. The van der Waals surface area contributed by atoms with Crippen LogP contribution in [0, 0.1) is 5.92 Å². The summed E-state index contributed by atoms with van der Waals surface area (Å²) in [4.78, 5) is 34.9. The van der Waals surface area contributed by atoms with Gasteiger partial charge in [0.1, 0.15) is 5.82 Å². The summed E-state index contributed by atoms with van der Waals surface area (Å²) in [7, 11) is 0. The Morgan fingerprint density at radius 2 is 1.90 bits per heavy atom. The van der Waals surface area contributed by atoms with Gasteiger partial charge in [-0.2, -0.15) is 0 Å². The zero-order chi connectivity index (χ0) is 20.1. The standard InChI is InChI=1S/C22H26N6OS/c29-22(27-9-1-2-10-27)15-4-3-11-28(12-15)18-8-7-16-19(25-18)26-20(23-16)21-24-17(13-30-21)14-5-6-14/h7-8,13-15H,1-6,9-12H2,(H,23,25,26). The summed E-state index contributed by atoms with van der Waals surface area (Å²) in [6, 6.07) is 4.10. The van der Waals surface area contributed by atoms with Crippen molar-refractivity contribution in [3.05, 3.63) is 23.2 Å². The fourth-order valence-electron chi connectivity index (χ4n) is 4.70. The summed E-state index contributed by atoms with van der Waals surface area (Å²) < 4.78 is 0. The molecule has 6 rings (SSSR count). The highest BCUT2D eigenvalue weighted by Crippen LogP contribution is 2.41. The number of aromatic nitrogens is 4. The molecule has 0 aromatic carbocycles. The number of amides is 1. The van der Waals surface area contributed by atoms with Gasteiger partial charge in [-0.25, -0.2) is 15.0 Å². The second-order valence-corrected chi connectivity index (χ2v) is 9.65. The van der Waals surface area contributed by atoms with E-state index >= 15 is 0 Å². The molecule has 0 bridgehead atoms. The number of nitrogens with one attached hydrogen (secondary N) is 1. The minimum absolute atomic E-state index is 0.0836. The molecule has 3 aromatic heterocycles. The lowest BCUT2D eigenvalue weighted by Gasteiger charge is -2.34. The molecule has 5 heterocycles. The Bertz CT molecular complexity index is 1080. The fourth-order valence-corrected chi connectivity index (χ4v) is 5.55. The molecule has 0 spiro atoms. The van der Waals surface area contributed by atoms with E-state index < -0.39 is 0 Å². The van der Waals surface area contributed by atoms with Gasteiger partial charge in [0, 0.05) is 37.5 Å². The maximum Gasteiger partial charge on any atom is 0.227 e. The highest BCUT2D eigenvalue weighted by Gasteiger charge is 2.31. The van der Waals surface area contributed by atoms with Crippen molar-refractivity contribution < 1.29 is 4.79 Å². The van der Waals surface area contributed by atoms with Crippen LogP contribution in [0.3, 0.4) is 0 Å². The van der Waals surface area contributed by atoms with Gasteiger partial charge in [0.2, 0.25) is 5.91 Å². The van der Waals surface area contributed by atoms with Crippen LogP contribution < -0.4 is 4.90 Å². The van der Waals surface area contributed by atoms with Gasteiger partial charge in [0.25, 0.3) is 0 Å². The Kier molecular flexibility index (Phi) is 4.48. The molecular weight excluding hydrogens is 396 g/mol. The van der Waals surface area contributed by atoms with E-state index in [9.17, 15) is 4.79 Å². The molecular formula is C22H26N6OS. The molecule has 156 valence electrons. The van der Waals surface area contributed by atoms with E-state index in [4.69, 9.17) is 15.0 Å². The van der Waals surface area contributed by atoms with Gasteiger partial charge in [-0.05, 0) is 50.7 Å². The number of rotatable bonds is 4. The van der Waals surface area contributed by atoms with E-state index in [2.05, 4.69) is 26.2 Å². The number of thiazole rings is 1. The minimum atomic E-state index is 0.0836. The summed E-state index contributed by atoms with van der Waals surface area (Å²) in [6.07, 6.45) is 6.80. The molecule has 7 nitrogen and oxygen atoms in total. The first-order chi connectivity index (χ1) is 14.7. The molecule has 2 saturated heterocycles. The zero-order valence-corrected chi connectivity index (χ0v) is 17.8. The maximum atomic E-state index is 12.9. The largest absolute Gasteiger partial charge is 0.356 e. The molecule has 8 heteroatoms. The molecule has 0 radical (unpaired) electrons. The van der Waals surface area contributed by atoms with Crippen molar-refractivity contribution in [2.75, 3.05) is 31.1 Å². The lowest BCUT2D eigenvalue weighted by molar-refractivity contribution is -0.134. The second-order valence-electron chi connectivity index (χ2n) is 8.80. The van der Waals surface area contributed by atoms with Crippen LogP contribution in [0.1, 0.15) is 50.1 Å². The first-order valence-corrected chi connectivity index (χ1v) is 12.0. The average molecular weight is 423 g/mol. The topological polar surface area (TPSA) is 78.0 Å². The number of anilines is 1. The lowest BCUT2D eigenvalue weighted by atomic mass is 9.96. The summed E-state index contributed by atoms with van der Waals surface area (Å²) in [5.74, 6) is 2.78. The van der Waals surface area contributed by atoms with E-state index in [0.29, 0.717) is 11.8 Å². The Balaban J connectivity index is 1.22. The molecule has 1 atom stereocenters. The van der Waals surface area contributed by atoms with E-state index in [0.717, 1.165) is 79.7 Å². The summed E-state index contributed by atoms with van der Waals surface area (Å²) in [6.45, 7) is 3.54. The molecule has 1 N–H and O–H groups in total. The number of likely N-dealkylation sites (tertiary alicyclic amines) is 1. The molecule has 1 amide bonds. The van der Waals surface area contributed by atoms with Crippen LogP contribution in [0.5, 0.6) is 0 Å². The predicted molar refractivity (Wildman–Crippen MR) is 118 cm³/mol. The fraction of sp³-hybridized carbons (Fsp3) is 0.545. The average Bonchev–Trinajstić information content (AvgIpc) is 3.19. The highest BCUT2D eigenvalue weighted by molar-refractivity contribution is 7.13. The summed E-state index contributed by atoms with van der Waals surface area (Å²) >= 11 is 1.65. The van der Waals surface area contributed by atoms with Crippen LogP contribution in [0.2, 0.25) is 0 Å². The normalized spacial score (nSPS) is 22.2. The third-order valence-electron chi connectivity index (χ3n) is 6.56. The van der Waals surface area contributed by atoms with E-state index in [1.54, 1.807) is 11.3 Å². The Morgan fingerprint density at radius 1 is 1.03 bits per heavy atom. The van der Waals surface area contributed by atoms with E-state index in [1.807, 2.05) is 6.07 Å². The van der Waals surface area contributed by atoms with Crippen molar-refractivity contribution in [1.82, 2.24) is 24.8 Å². The number of H-pyrrole nitrogens is 1. The van der Waals surface area contributed by atoms with Crippen molar-refractivity contribution >= 4 is 34.2 Å². The number of carbonyl (C=O) groups is 1. The smallest absolute Gasteiger partial charge is 0.227 e. The van der Waals surface area contributed by atoms with E-state index in [-0.39, 0.29) is 5.92 Å². The zero-order valence-electron chi connectivity index (χ0n) is 17.0. The van der Waals surface area contributed by atoms with Gasteiger partial charge < -0.3 is 14.8 Å². The third-order valence-corrected chi connectivity index (χ3v) is 7.43. The maximum absolute atomic E-state index is 12.9. The van der Waals surface area contributed by atoms with Crippen molar-refractivity contribution in [1.29, 1.82) is 0 Å². The van der Waals surface area contributed by atoms with Crippen LogP contribution in [-0.2, 0) is 4.79 Å². The quantitative estimate of drug-likeness (QED) is 0.692. The molecule has 3 aromatic rings. The molecule has 2 aliphatic heterocycles. The lowest BCUT2D eigenvalue weighted by Crippen LogP contribution is -2.44. The first kappa shape index (κ1) is 18.3.